The zero-order chi connectivity index (χ0) is 15.6. The van der Waals surface area contributed by atoms with E-state index in [-0.39, 0.29) is 5.41 Å². The summed E-state index contributed by atoms with van der Waals surface area (Å²) in [4.78, 5) is 0. The maximum Gasteiger partial charge on any atom is 0.0140 e. The van der Waals surface area contributed by atoms with Gasteiger partial charge in [0, 0.05) is 6.54 Å². The Balaban J connectivity index is 4.30. The van der Waals surface area contributed by atoms with Gasteiger partial charge in [-0.05, 0) is 36.8 Å². The summed E-state index contributed by atoms with van der Waals surface area (Å²) in [5.41, 5.74) is 3.18. The van der Waals surface area contributed by atoms with Gasteiger partial charge in [-0.25, -0.2) is 0 Å². The molecule has 0 aliphatic heterocycles. The number of hydrogen-bond donors (Lipinski definition) is 1. The van der Waals surface area contributed by atoms with E-state index in [4.69, 9.17) is 0 Å². The van der Waals surface area contributed by atoms with Crippen LogP contribution >= 0.6 is 0 Å². The molecular weight excluding hydrogens is 242 g/mol. The van der Waals surface area contributed by atoms with Crippen LogP contribution in [0.1, 0.15) is 74.1 Å². The second kappa shape index (κ2) is 10.2. The first-order chi connectivity index (χ1) is 9.29. The summed E-state index contributed by atoms with van der Waals surface area (Å²) >= 11 is 0. The minimum atomic E-state index is 0.265. The van der Waals surface area contributed by atoms with Crippen molar-refractivity contribution in [1.29, 1.82) is 0 Å². The molecule has 0 rings (SSSR count). The molecule has 0 unspecified atom stereocenters. The summed E-state index contributed by atoms with van der Waals surface area (Å²) in [6.45, 7) is 18.0. The van der Waals surface area contributed by atoms with Gasteiger partial charge >= 0.3 is 0 Å². The predicted octanol–water partition coefficient (Wildman–Crippen LogP) is 5.73. The number of rotatable bonds is 9. The Morgan fingerprint density at radius 3 is 2.25 bits per heavy atom. The molecule has 0 aliphatic rings. The molecule has 0 radical (unpaired) electrons. The molecule has 0 aromatic rings. The molecule has 0 spiro atoms. The Morgan fingerprint density at radius 2 is 1.75 bits per heavy atom. The molecule has 0 amide bonds. The van der Waals surface area contributed by atoms with Crippen LogP contribution in [0, 0.1) is 11.3 Å². The molecule has 0 saturated carbocycles. The first-order valence-electron chi connectivity index (χ1n) is 8.38. The van der Waals surface area contributed by atoms with E-state index in [1.165, 1.54) is 36.8 Å². The van der Waals surface area contributed by atoms with Crippen LogP contribution < -0.4 is 5.32 Å². The zero-order valence-corrected chi connectivity index (χ0v) is 15.0. The van der Waals surface area contributed by atoms with Crippen LogP contribution in [0.2, 0.25) is 0 Å². The van der Waals surface area contributed by atoms with Crippen LogP contribution in [-0.2, 0) is 0 Å². The molecule has 0 aromatic heterocycles. The van der Waals surface area contributed by atoms with Crippen molar-refractivity contribution in [3.8, 4) is 0 Å². The van der Waals surface area contributed by atoms with E-state index < -0.39 is 0 Å². The number of allylic oxidation sites excluding steroid dienone is 3. The Morgan fingerprint density at radius 1 is 1.10 bits per heavy atom. The molecule has 0 atom stereocenters. The lowest BCUT2D eigenvalue weighted by Gasteiger charge is -2.21. The number of nitrogens with one attached hydrogen (secondary N) is 1. The van der Waals surface area contributed by atoms with Crippen molar-refractivity contribution >= 4 is 0 Å². The van der Waals surface area contributed by atoms with Crippen LogP contribution in [0.4, 0.5) is 0 Å². The lowest BCUT2D eigenvalue weighted by Crippen LogP contribution is -2.16. The van der Waals surface area contributed by atoms with Gasteiger partial charge in [0.1, 0.15) is 0 Å². The van der Waals surface area contributed by atoms with Crippen LogP contribution in [0.3, 0.4) is 0 Å². The molecule has 1 N–H and O–H groups in total. The van der Waals surface area contributed by atoms with E-state index in [2.05, 4.69) is 65.9 Å². The van der Waals surface area contributed by atoms with Gasteiger partial charge in [-0.2, -0.15) is 0 Å². The fourth-order valence-corrected chi connectivity index (χ4v) is 1.90. The van der Waals surface area contributed by atoms with Crippen molar-refractivity contribution < 1.29 is 0 Å². The fraction of sp³-hybridized carbons (Fsp3) is 0.789. The van der Waals surface area contributed by atoms with E-state index in [0.717, 1.165) is 13.1 Å². The fourth-order valence-electron chi connectivity index (χ4n) is 1.90. The van der Waals surface area contributed by atoms with E-state index >= 15 is 0 Å². The first-order valence-corrected chi connectivity index (χ1v) is 8.38. The second-order valence-electron chi connectivity index (χ2n) is 7.20. The smallest absolute Gasteiger partial charge is 0.0140 e. The van der Waals surface area contributed by atoms with Gasteiger partial charge in [-0.3, -0.25) is 0 Å². The zero-order valence-electron chi connectivity index (χ0n) is 15.0. The van der Waals surface area contributed by atoms with E-state index in [1.807, 2.05) is 0 Å². The van der Waals surface area contributed by atoms with E-state index in [9.17, 15) is 0 Å². The Bertz CT molecular complexity index is 302. The Kier molecular flexibility index (Phi) is 9.92. The highest BCUT2D eigenvalue weighted by Gasteiger charge is 2.13. The van der Waals surface area contributed by atoms with Crippen molar-refractivity contribution in [3.63, 3.8) is 0 Å². The summed E-state index contributed by atoms with van der Waals surface area (Å²) in [6, 6.07) is 0. The van der Waals surface area contributed by atoms with Crippen LogP contribution in [0.15, 0.2) is 23.3 Å². The molecule has 0 saturated heterocycles. The third kappa shape index (κ3) is 9.36. The minimum absolute atomic E-state index is 0.265. The normalized spacial score (nSPS) is 14.2. The molecule has 118 valence electrons. The highest BCUT2D eigenvalue weighted by Crippen LogP contribution is 2.27. The molecule has 0 aliphatic carbocycles. The quantitative estimate of drug-likeness (QED) is 0.420. The van der Waals surface area contributed by atoms with Crippen molar-refractivity contribution in [2.45, 2.75) is 74.1 Å². The Labute approximate surface area is 127 Å². The van der Waals surface area contributed by atoms with E-state index in [1.54, 1.807) is 0 Å². The van der Waals surface area contributed by atoms with Crippen LogP contribution in [0.5, 0.6) is 0 Å². The van der Waals surface area contributed by atoms with Gasteiger partial charge < -0.3 is 5.32 Å². The summed E-state index contributed by atoms with van der Waals surface area (Å²) in [7, 11) is 0. The van der Waals surface area contributed by atoms with Gasteiger partial charge in [-0.1, -0.05) is 78.5 Å². The van der Waals surface area contributed by atoms with Gasteiger partial charge in [0.2, 0.25) is 0 Å². The van der Waals surface area contributed by atoms with Gasteiger partial charge in [-0.15, -0.1) is 0 Å². The minimum Gasteiger partial charge on any atom is -0.313 e. The van der Waals surface area contributed by atoms with Crippen molar-refractivity contribution in [1.82, 2.24) is 5.32 Å². The third-order valence-corrected chi connectivity index (χ3v) is 3.92. The lowest BCUT2D eigenvalue weighted by molar-refractivity contribution is 0.502. The maximum atomic E-state index is 3.54. The first kappa shape index (κ1) is 19.4. The SMILES string of the molecule is CCCCCCNC/C=C(\C=C(/C)C(C)(C)C)C(C)C. The van der Waals surface area contributed by atoms with Crippen LogP contribution in [-0.4, -0.2) is 13.1 Å². The average Bonchev–Trinajstić information content (AvgIpc) is 2.34. The summed E-state index contributed by atoms with van der Waals surface area (Å²) in [6.07, 6.45) is 10.1. The molecule has 1 heteroatoms. The average molecular weight is 280 g/mol. The predicted molar refractivity (Wildman–Crippen MR) is 93.1 cm³/mol. The summed E-state index contributed by atoms with van der Waals surface area (Å²) in [5, 5.41) is 3.54. The monoisotopic (exact) mass is 279 g/mol. The Hall–Kier alpha value is -0.560. The van der Waals surface area contributed by atoms with Crippen molar-refractivity contribution in [2.24, 2.45) is 11.3 Å². The molecule has 0 aromatic carbocycles. The second-order valence-corrected chi connectivity index (χ2v) is 7.20. The number of hydrogen-bond acceptors (Lipinski definition) is 1. The van der Waals surface area contributed by atoms with Gasteiger partial charge in [0.05, 0.1) is 0 Å². The largest absolute Gasteiger partial charge is 0.313 e. The highest BCUT2D eigenvalue weighted by molar-refractivity contribution is 5.27. The summed E-state index contributed by atoms with van der Waals surface area (Å²) in [5.74, 6) is 0.592. The van der Waals surface area contributed by atoms with Crippen molar-refractivity contribution in [3.05, 3.63) is 23.3 Å². The lowest BCUT2D eigenvalue weighted by atomic mass is 9.85. The molecule has 0 fully saturated rings. The standard InChI is InChI=1S/C19H37N/c1-8-9-10-11-13-20-14-12-18(16(2)3)15-17(4)19(5,6)7/h12,15-16,20H,8-11,13-14H2,1-7H3/b17-15+,18-12+. The molecular formula is C19H37N. The topological polar surface area (TPSA) is 12.0 Å². The molecule has 1 nitrogen and oxygen atoms in total. The van der Waals surface area contributed by atoms with Gasteiger partial charge in [0.25, 0.3) is 0 Å². The highest BCUT2D eigenvalue weighted by atomic mass is 14.8. The van der Waals surface area contributed by atoms with Crippen molar-refractivity contribution in [2.75, 3.05) is 13.1 Å². The molecule has 20 heavy (non-hydrogen) atoms. The van der Waals surface area contributed by atoms with Gasteiger partial charge in [0.15, 0.2) is 0 Å². The van der Waals surface area contributed by atoms with Crippen LogP contribution in [0.25, 0.3) is 0 Å². The molecule has 0 heterocycles. The third-order valence-electron chi connectivity index (χ3n) is 3.92. The maximum absolute atomic E-state index is 3.54. The molecule has 0 bridgehead atoms. The summed E-state index contributed by atoms with van der Waals surface area (Å²) < 4.78 is 0. The number of unbranched alkanes of at least 4 members (excludes halogenated alkanes) is 3. The van der Waals surface area contributed by atoms with E-state index in [0.29, 0.717) is 5.92 Å².